The maximum absolute atomic E-state index is 12.3. The lowest BCUT2D eigenvalue weighted by Gasteiger charge is -2.00. The van der Waals surface area contributed by atoms with Gasteiger partial charge in [0, 0.05) is 12.7 Å². The highest BCUT2D eigenvalue weighted by Crippen LogP contribution is 2.16. The van der Waals surface area contributed by atoms with Crippen LogP contribution in [-0.4, -0.2) is 19.7 Å². The van der Waals surface area contributed by atoms with Crippen LogP contribution in [0.3, 0.4) is 0 Å². The van der Waals surface area contributed by atoms with Crippen LogP contribution in [0.2, 0.25) is 0 Å². The van der Waals surface area contributed by atoms with Crippen LogP contribution in [0.15, 0.2) is 24.7 Å². The quantitative estimate of drug-likeness (QED) is 0.847. The zero-order valence-electron chi connectivity index (χ0n) is 8.22. The molecule has 0 aliphatic carbocycles. The Kier molecular flexibility index (Phi) is 2.86. The van der Waals surface area contributed by atoms with Crippen LogP contribution in [0.1, 0.15) is 17.8 Å². The molecule has 2 N–H and O–H groups in total. The first kappa shape index (κ1) is 10.6. The molecule has 2 rings (SSSR count). The van der Waals surface area contributed by atoms with Gasteiger partial charge >= 0.3 is 0 Å². The Balaban J connectivity index is 2.28. The van der Waals surface area contributed by atoms with Gasteiger partial charge in [-0.3, -0.25) is 4.98 Å². The number of nitrogens with zero attached hydrogens (tertiary/aromatic N) is 4. The van der Waals surface area contributed by atoms with Crippen LogP contribution in [0.4, 0.5) is 8.78 Å². The number of alkyl halides is 2. The lowest BCUT2D eigenvalue weighted by molar-refractivity contribution is 0.145. The molecule has 0 unspecified atom stereocenters. The van der Waals surface area contributed by atoms with E-state index in [-0.39, 0.29) is 12.2 Å². The van der Waals surface area contributed by atoms with Gasteiger partial charge in [-0.2, -0.15) is 5.10 Å². The average Bonchev–Trinajstić information content (AvgIpc) is 2.78. The van der Waals surface area contributed by atoms with Gasteiger partial charge in [0.25, 0.3) is 6.43 Å². The summed E-state index contributed by atoms with van der Waals surface area (Å²) < 4.78 is 25.8. The fourth-order valence-electron chi connectivity index (χ4n) is 1.15. The van der Waals surface area contributed by atoms with E-state index in [1.807, 2.05) is 0 Å². The molecule has 2 heterocycles. The Morgan fingerprint density at radius 2 is 2.12 bits per heavy atom. The minimum absolute atomic E-state index is 0.286. The standard InChI is InChI=1S/C9H9F2N5/c10-9(11)7-1-2-16(15-7)8-5-13-6(3-12)4-14-8/h1-2,4-5,9H,3,12H2. The zero-order chi connectivity index (χ0) is 11.5. The molecule has 0 aliphatic rings. The fraction of sp³-hybridized carbons (Fsp3) is 0.222. The lowest BCUT2D eigenvalue weighted by Crippen LogP contribution is -2.04. The average molecular weight is 225 g/mol. The van der Waals surface area contributed by atoms with Crippen LogP contribution in [0.25, 0.3) is 5.82 Å². The molecule has 0 atom stereocenters. The van der Waals surface area contributed by atoms with Crippen LogP contribution < -0.4 is 5.73 Å². The Labute approximate surface area is 89.9 Å². The third-order valence-electron chi connectivity index (χ3n) is 1.97. The second-order valence-corrected chi connectivity index (χ2v) is 3.06. The molecule has 0 amide bonds. The molecule has 2 aromatic rings. The van der Waals surface area contributed by atoms with Crippen LogP contribution >= 0.6 is 0 Å². The molecule has 0 saturated carbocycles. The highest BCUT2D eigenvalue weighted by molar-refractivity contribution is 5.19. The molecule has 16 heavy (non-hydrogen) atoms. The van der Waals surface area contributed by atoms with Crippen molar-refractivity contribution < 1.29 is 8.78 Å². The largest absolute Gasteiger partial charge is 0.325 e. The summed E-state index contributed by atoms with van der Waals surface area (Å²) >= 11 is 0. The molecule has 2 aromatic heterocycles. The molecule has 0 aromatic carbocycles. The van der Waals surface area contributed by atoms with Crippen LogP contribution in [0, 0.1) is 0 Å². The fourth-order valence-corrected chi connectivity index (χ4v) is 1.15. The second kappa shape index (κ2) is 4.31. The monoisotopic (exact) mass is 225 g/mol. The van der Waals surface area contributed by atoms with Crippen LogP contribution in [0.5, 0.6) is 0 Å². The molecule has 0 aliphatic heterocycles. The van der Waals surface area contributed by atoms with Crippen molar-refractivity contribution in [2.24, 2.45) is 5.73 Å². The first-order valence-electron chi connectivity index (χ1n) is 4.56. The summed E-state index contributed by atoms with van der Waals surface area (Å²) in [7, 11) is 0. The molecule has 84 valence electrons. The zero-order valence-corrected chi connectivity index (χ0v) is 8.22. The summed E-state index contributed by atoms with van der Waals surface area (Å²) in [6, 6.07) is 1.24. The van der Waals surface area contributed by atoms with Crippen molar-refractivity contribution in [3.63, 3.8) is 0 Å². The third-order valence-corrected chi connectivity index (χ3v) is 1.97. The van der Waals surface area contributed by atoms with Gasteiger partial charge in [0.2, 0.25) is 0 Å². The van der Waals surface area contributed by atoms with E-state index in [0.29, 0.717) is 11.5 Å². The molecular formula is C9H9F2N5. The summed E-state index contributed by atoms with van der Waals surface area (Å²) in [5, 5.41) is 3.67. The number of halogens is 2. The predicted octanol–water partition coefficient (Wildman–Crippen LogP) is 1.06. The van der Waals surface area contributed by atoms with Crippen molar-refractivity contribution >= 4 is 0 Å². The first-order valence-corrected chi connectivity index (χ1v) is 4.56. The maximum atomic E-state index is 12.3. The highest BCUT2D eigenvalue weighted by Gasteiger charge is 2.11. The predicted molar refractivity (Wildman–Crippen MR) is 52.0 cm³/mol. The Morgan fingerprint density at radius 1 is 1.31 bits per heavy atom. The van der Waals surface area contributed by atoms with Crippen molar-refractivity contribution in [3.05, 3.63) is 36.0 Å². The van der Waals surface area contributed by atoms with E-state index < -0.39 is 6.43 Å². The second-order valence-electron chi connectivity index (χ2n) is 3.06. The van der Waals surface area contributed by atoms with E-state index >= 15 is 0 Å². The van der Waals surface area contributed by atoms with E-state index in [0.717, 1.165) is 0 Å². The van der Waals surface area contributed by atoms with Gasteiger partial charge in [-0.15, -0.1) is 0 Å². The van der Waals surface area contributed by atoms with Gasteiger partial charge in [-0.1, -0.05) is 0 Å². The Bertz CT molecular complexity index is 465. The molecule has 0 fully saturated rings. The molecular weight excluding hydrogens is 216 g/mol. The first-order chi connectivity index (χ1) is 7.70. The van der Waals surface area contributed by atoms with Gasteiger partial charge in [0.05, 0.1) is 18.1 Å². The summed E-state index contributed by atoms with van der Waals surface area (Å²) in [5.74, 6) is 0.379. The SMILES string of the molecule is NCc1cnc(-n2ccc(C(F)F)n2)cn1. The molecule has 0 radical (unpaired) electrons. The van der Waals surface area contributed by atoms with Gasteiger partial charge in [-0.05, 0) is 6.07 Å². The number of rotatable bonds is 3. The van der Waals surface area contributed by atoms with E-state index in [1.54, 1.807) is 0 Å². The summed E-state index contributed by atoms with van der Waals surface area (Å²) in [6.07, 6.45) is 1.74. The van der Waals surface area contributed by atoms with Crippen LogP contribution in [-0.2, 0) is 6.54 Å². The summed E-state index contributed by atoms with van der Waals surface area (Å²) in [5.41, 5.74) is 5.70. The Hall–Kier alpha value is -1.89. The van der Waals surface area contributed by atoms with E-state index in [9.17, 15) is 8.78 Å². The van der Waals surface area contributed by atoms with Gasteiger partial charge < -0.3 is 5.73 Å². The maximum Gasteiger partial charge on any atom is 0.282 e. The summed E-state index contributed by atoms with van der Waals surface area (Å²) in [6.45, 7) is 0.286. The molecule has 0 spiro atoms. The number of hydrogen-bond acceptors (Lipinski definition) is 4. The minimum atomic E-state index is -2.59. The topological polar surface area (TPSA) is 69.6 Å². The minimum Gasteiger partial charge on any atom is -0.325 e. The number of aromatic nitrogens is 4. The van der Waals surface area contributed by atoms with Gasteiger partial charge in [0.15, 0.2) is 5.82 Å². The summed E-state index contributed by atoms with van der Waals surface area (Å²) in [4.78, 5) is 8.00. The van der Waals surface area contributed by atoms with Gasteiger partial charge in [0.1, 0.15) is 5.69 Å². The lowest BCUT2D eigenvalue weighted by atomic mass is 10.4. The molecule has 0 bridgehead atoms. The van der Waals surface area contributed by atoms with E-state index in [2.05, 4.69) is 15.1 Å². The number of nitrogens with two attached hydrogens (primary N) is 1. The van der Waals surface area contributed by atoms with Crippen molar-refractivity contribution in [3.8, 4) is 5.82 Å². The highest BCUT2D eigenvalue weighted by atomic mass is 19.3. The van der Waals surface area contributed by atoms with Gasteiger partial charge in [-0.25, -0.2) is 18.4 Å². The normalized spacial score (nSPS) is 11.0. The number of hydrogen-bond donors (Lipinski definition) is 1. The third kappa shape index (κ3) is 2.03. The molecule has 7 heteroatoms. The van der Waals surface area contributed by atoms with Crippen molar-refractivity contribution in [2.45, 2.75) is 13.0 Å². The van der Waals surface area contributed by atoms with Crippen molar-refractivity contribution in [1.29, 1.82) is 0 Å². The smallest absolute Gasteiger partial charge is 0.282 e. The molecule has 5 nitrogen and oxygen atoms in total. The van der Waals surface area contributed by atoms with Crippen molar-refractivity contribution in [1.82, 2.24) is 19.7 Å². The molecule has 0 saturated heterocycles. The van der Waals surface area contributed by atoms with E-state index in [1.165, 1.54) is 29.3 Å². The van der Waals surface area contributed by atoms with Crippen molar-refractivity contribution in [2.75, 3.05) is 0 Å². The Morgan fingerprint density at radius 3 is 2.62 bits per heavy atom. The van der Waals surface area contributed by atoms with E-state index in [4.69, 9.17) is 5.73 Å².